The van der Waals surface area contributed by atoms with E-state index in [0.29, 0.717) is 16.0 Å². The molecule has 0 atom stereocenters. The Bertz CT molecular complexity index is 1160. The highest BCUT2D eigenvalue weighted by Crippen LogP contribution is 2.23. The van der Waals surface area contributed by atoms with E-state index in [1.54, 1.807) is 23.6 Å². The molecule has 7 heteroatoms. The van der Waals surface area contributed by atoms with Gasteiger partial charge in [0.1, 0.15) is 17.1 Å². The summed E-state index contributed by atoms with van der Waals surface area (Å²) in [5, 5.41) is 2.31. The highest BCUT2D eigenvalue weighted by Gasteiger charge is 2.11. The average Bonchev–Trinajstić information content (AvgIpc) is 3.15. The largest absolute Gasteiger partial charge is 0.425 e. The second-order valence-electron chi connectivity index (χ2n) is 5.82. The molecule has 0 spiro atoms. The summed E-state index contributed by atoms with van der Waals surface area (Å²) in [6.07, 6.45) is 1.38. The van der Waals surface area contributed by atoms with Crippen LogP contribution in [0.3, 0.4) is 0 Å². The van der Waals surface area contributed by atoms with Gasteiger partial charge in [0, 0.05) is 3.57 Å². The van der Waals surface area contributed by atoms with Crippen LogP contribution in [0.15, 0.2) is 71.1 Å². The molecule has 134 valence electrons. The molecule has 2 heterocycles. The van der Waals surface area contributed by atoms with Crippen LogP contribution in [0.5, 0.6) is 5.75 Å². The first-order valence-corrected chi connectivity index (χ1v) is 10.1. The first-order valence-electron chi connectivity index (χ1n) is 8.09. The maximum atomic E-state index is 12.3. The Morgan fingerprint density at radius 1 is 1.04 bits per heavy atom. The topological polar surface area (TPSA) is 61.2 Å². The lowest BCUT2D eigenvalue weighted by atomic mass is 10.1. The summed E-state index contributed by atoms with van der Waals surface area (Å²) < 4.78 is 7.79. The summed E-state index contributed by atoms with van der Waals surface area (Å²) in [6, 6.07) is 17.2. The molecule has 5 nitrogen and oxygen atoms in total. The van der Waals surface area contributed by atoms with Crippen LogP contribution in [-0.4, -0.2) is 15.5 Å². The van der Waals surface area contributed by atoms with Gasteiger partial charge in [-0.2, -0.15) is 0 Å². The zero-order valence-electron chi connectivity index (χ0n) is 14.0. The normalized spacial score (nSPS) is 10.9. The number of thiophene rings is 1. The molecular weight excluding hydrogens is 475 g/mol. The quantitative estimate of drug-likeness (QED) is 0.244. The van der Waals surface area contributed by atoms with E-state index in [0.717, 1.165) is 11.1 Å². The molecule has 0 amide bonds. The number of benzene rings is 2. The van der Waals surface area contributed by atoms with Crippen molar-refractivity contribution in [3.8, 4) is 16.9 Å². The number of carbonyl (C=O) groups is 1. The number of ether oxygens (including phenoxy) is 1. The lowest BCUT2D eigenvalue weighted by molar-refractivity contribution is -0.135. The SMILES string of the molecule is O=C(Cn1cnc2sccc2c1=O)Oc1ccc(-c2ccc(I)cc2)cc1. The zero-order valence-corrected chi connectivity index (χ0v) is 16.9. The number of nitrogens with zero attached hydrogens (tertiary/aromatic N) is 2. The molecule has 0 N–H and O–H groups in total. The molecule has 0 saturated heterocycles. The summed E-state index contributed by atoms with van der Waals surface area (Å²) in [5.41, 5.74) is 1.89. The maximum absolute atomic E-state index is 12.3. The molecule has 2 aromatic carbocycles. The Morgan fingerprint density at radius 3 is 2.41 bits per heavy atom. The summed E-state index contributed by atoms with van der Waals surface area (Å²) in [6.45, 7) is -0.184. The van der Waals surface area contributed by atoms with Crippen LogP contribution in [0, 0.1) is 3.57 Å². The highest BCUT2D eigenvalue weighted by atomic mass is 127. The molecule has 0 aliphatic rings. The van der Waals surface area contributed by atoms with Gasteiger partial charge < -0.3 is 4.74 Å². The van der Waals surface area contributed by atoms with Gasteiger partial charge in [-0.25, -0.2) is 9.78 Å². The van der Waals surface area contributed by atoms with Crippen LogP contribution >= 0.6 is 33.9 Å². The minimum absolute atomic E-state index is 0.184. The molecule has 0 saturated carbocycles. The number of hydrogen-bond acceptors (Lipinski definition) is 5. The van der Waals surface area contributed by atoms with E-state index in [1.165, 1.54) is 25.8 Å². The first kappa shape index (κ1) is 17.9. The molecule has 0 fully saturated rings. The van der Waals surface area contributed by atoms with E-state index < -0.39 is 5.97 Å². The van der Waals surface area contributed by atoms with Crippen molar-refractivity contribution < 1.29 is 9.53 Å². The van der Waals surface area contributed by atoms with Gasteiger partial charge in [-0.3, -0.25) is 9.36 Å². The van der Waals surface area contributed by atoms with E-state index in [-0.39, 0.29) is 12.1 Å². The van der Waals surface area contributed by atoms with Crippen molar-refractivity contribution in [1.82, 2.24) is 9.55 Å². The van der Waals surface area contributed by atoms with Crippen LogP contribution < -0.4 is 10.3 Å². The monoisotopic (exact) mass is 488 g/mol. The summed E-state index contributed by atoms with van der Waals surface area (Å²) in [4.78, 5) is 29.4. The Balaban J connectivity index is 1.46. The fourth-order valence-corrected chi connectivity index (χ4v) is 3.75. The van der Waals surface area contributed by atoms with Gasteiger partial charge in [-0.15, -0.1) is 11.3 Å². The van der Waals surface area contributed by atoms with E-state index in [9.17, 15) is 9.59 Å². The van der Waals surface area contributed by atoms with Crippen molar-refractivity contribution >= 4 is 50.1 Å². The van der Waals surface area contributed by atoms with Gasteiger partial charge in [0.25, 0.3) is 5.56 Å². The molecule has 27 heavy (non-hydrogen) atoms. The van der Waals surface area contributed by atoms with Crippen molar-refractivity contribution in [2.24, 2.45) is 0 Å². The zero-order chi connectivity index (χ0) is 18.8. The lowest BCUT2D eigenvalue weighted by Gasteiger charge is -2.07. The molecule has 2 aromatic heterocycles. The summed E-state index contributed by atoms with van der Waals surface area (Å²) in [5.74, 6) is -0.0811. The molecule has 0 bridgehead atoms. The second-order valence-corrected chi connectivity index (χ2v) is 7.96. The number of carbonyl (C=O) groups excluding carboxylic acids is 1. The molecule has 0 aliphatic heterocycles. The van der Waals surface area contributed by atoms with Crippen LogP contribution in [0.25, 0.3) is 21.3 Å². The summed E-state index contributed by atoms with van der Waals surface area (Å²) >= 11 is 3.65. The van der Waals surface area contributed by atoms with E-state index in [2.05, 4.69) is 27.6 Å². The molecule has 0 unspecified atom stereocenters. The molecule has 4 rings (SSSR count). The van der Waals surface area contributed by atoms with Crippen LogP contribution in [0.4, 0.5) is 0 Å². The van der Waals surface area contributed by atoms with E-state index in [4.69, 9.17) is 4.74 Å². The summed E-state index contributed by atoms with van der Waals surface area (Å²) in [7, 11) is 0. The number of esters is 1. The van der Waals surface area contributed by atoms with E-state index in [1.807, 2.05) is 36.4 Å². The Hall–Kier alpha value is -2.52. The number of hydrogen-bond donors (Lipinski definition) is 0. The molecular formula is C20H13IN2O3S. The van der Waals surface area contributed by atoms with Gasteiger partial charge in [0.05, 0.1) is 11.7 Å². The predicted molar refractivity (Wildman–Crippen MR) is 114 cm³/mol. The van der Waals surface area contributed by atoms with Gasteiger partial charge >= 0.3 is 5.97 Å². The minimum Gasteiger partial charge on any atom is -0.425 e. The van der Waals surface area contributed by atoms with Crippen molar-refractivity contribution in [3.05, 3.63) is 80.2 Å². The second kappa shape index (κ2) is 7.61. The fraction of sp³-hybridized carbons (Fsp3) is 0.0500. The van der Waals surface area contributed by atoms with Crippen LogP contribution in [0.2, 0.25) is 0 Å². The van der Waals surface area contributed by atoms with Gasteiger partial charge in [0.2, 0.25) is 0 Å². The number of halogens is 1. The predicted octanol–water partition coefficient (Wildman–Crippen LogP) is 4.34. The minimum atomic E-state index is -0.518. The van der Waals surface area contributed by atoms with Crippen molar-refractivity contribution in [1.29, 1.82) is 0 Å². The fourth-order valence-electron chi connectivity index (χ4n) is 2.67. The third-order valence-corrected chi connectivity index (χ3v) is 5.55. The number of fused-ring (bicyclic) bond motifs is 1. The maximum Gasteiger partial charge on any atom is 0.331 e. The lowest BCUT2D eigenvalue weighted by Crippen LogP contribution is -2.26. The molecule has 0 radical (unpaired) electrons. The van der Waals surface area contributed by atoms with Crippen LogP contribution in [0.1, 0.15) is 0 Å². The van der Waals surface area contributed by atoms with Crippen molar-refractivity contribution in [3.63, 3.8) is 0 Å². The van der Waals surface area contributed by atoms with Crippen molar-refractivity contribution in [2.45, 2.75) is 6.54 Å². The highest BCUT2D eigenvalue weighted by molar-refractivity contribution is 14.1. The average molecular weight is 488 g/mol. The number of rotatable bonds is 4. The standard InChI is InChI=1S/C20H13IN2O3S/c21-15-5-1-13(2-6-15)14-3-7-16(8-4-14)26-18(24)11-23-12-22-19-17(20(23)25)9-10-27-19/h1-10,12H,11H2. The van der Waals surface area contributed by atoms with Crippen molar-refractivity contribution in [2.75, 3.05) is 0 Å². The Kier molecular flexibility index (Phi) is 5.04. The molecule has 0 aliphatic carbocycles. The van der Waals surface area contributed by atoms with Gasteiger partial charge in [-0.05, 0) is 69.4 Å². The third kappa shape index (κ3) is 3.93. The van der Waals surface area contributed by atoms with Crippen LogP contribution in [-0.2, 0) is 11.3 Å². The smallest absolute Gasteiger partial charge is 0.331 e. The first-order chi connectivity index (χ1) is 13.1. The van der Waals surface area contributed by atoms with Gasteiger partial charge in [0.15, 0.2) is 0 Å². The van der Waals surface area contributed by atoms with Gasteiger partial charge in [-0.1, -0.05) is 24.3 Å². The Labute approximate surface area is 172 Å². The third-order valence-electron chi connectivity index (χ3n) is 4.01. The molecule has 4 aromatic rings. The number of aromatic nitrogens is 2. The Morgan fingerprint density at radius 2 is 1.70 bits per heavy atom. The van der Waals surface area contributed by atoms with E-state index >= 15 is 0 Å².